The first-order chi connectivity index (χ1) is 9.13. The largest absolute Gasteiger partial charge is 0.380 e. The first-order valence-corrected chi connectivity index (χ1v) is 7.09. The van der Waals surface area contributed by atoms with E-state index < -0.39 is 0 Å². The summed E-state index contributed by atoms with van der Waals surface area (Å²) < 4.78 is 5.52. The van der Waals surface area contributed by atoms with E-state index in [1.807, 2.05) is 6.92 Å². The molecular formula is C13H23ClN4O. The summed E-state index contributed by atoms with van der Waals surface area (Å²) in [7, 11) is 0. The van der Waals surface area contributed by atoms with E-state index >= 15 is 0 Å². The van der Waals surface area contributed by atoms with E-state index in [9.17, 15) is 0 Å². The number of ether oxygens (including phenoxy) is 1. The molecule has 5 nitrogen and oxygen atoms in total. The minimum Gasteiger partial charge on any atom is -0.380 e. The first-order valence-electron chi connectivity index (χ1n) is 6.71. The topological polar surface area (TPSA) is 59.1 Å². The quantitative estimate of drug-likeness (QED) is 0.683. The summed E-state index contributed by atoms with van der Waals surface area (Å²) in [6.45, 7) is 9.26. The van der Waals surface area contributed by atoms with Gasteiger partial charge in [0.1, 0.15) is 5.02 Å². The molecule has 2 N–H and O–H groups in total. The Bertz CT molecular complexity index is 374. The Kier molecular flexibility index (Phi) is 7.52. The van der Waals surface area contributed by atoms with Crippen molar-refractivity contribution in [1.82, 2.24) is 9.97 Å². The fourth-order valence-electron chi connectivity index (χ4n) is 1.40. The van der Waals surface area contributed by atoms with Crippen LogP contribution in [0.3, 0.4) is 0 Å². The smallest absolute Gasteiger partial charge is 0.224 e. The van der Waals surface area contributed by atoms with Crippen molar-refractivity contribution in [3.8, 4) is 0 Å². The van der Waals surface area contributed by atoms with Gasteiger partial charge in [-0.25, -0.2) is 4.98 Å². The van der Waals surface area contributed by atoms with Crippen LogP contribution in [0.4, 0.5) is 11.8 Å². The second-order valence-corrected chi connectivity index (χ2v) is 5.05. The molecule has 0 aromatic carbocycles. The summed E-state index contributed by atoms with van der Waals surface area (Å²) in [6.07, 6.45) is 2.67. The summed E-state index contributed by atoms with van der Waals surface area (Å²) in [5.41, 5.74) is 0. The predicted molar refractivity (Wildman–Crippen MR) is 80.0 cm³/mol. The number of halogens is 1. The van der Waals surface area contributed by atoms with E-state index in [-0.39, 0.29) is 0 Å². The molecule has 0 saturated heterocycles. The SMILES string of the molecule is CCNc1ncc(Cl)c(NCCOCCC(C)C)n1. The fraction of sp³-hybridized carbons (Fsp3) is 0.692. The highest BCUT2D eigenvalue weighted by molar-refractivity contribution is 6.32. The number of anilines is 2. The Labute approximate surface area is 120 Å². The van der Waals surface area contributed by atoms with Crippen molar-refractivity contribution in [2.24, 2.45) is 5.92 Å². The van der Waals surface area contributed by atoms with E-state index in [1.165, 1.54) is 0 Å². The second-order valence-electron chi connectivity index (χ2n) is 4.64. The Morgan fingerprint density at radius 3 is 2.79 bits per heavy atom. The molecule has 1 rings (SSSR count). The van der Waals surface area contributed by atoms with Gasteiger partial charge in [-0.3, -0.25) is 0 Å². The van der Waals surface area contributed by atoms with Gasteiger partial charge in [0, 0.05) is 19.7 Å². The second kappa shape index (κ2) is 8.93. The number of aromatic nitrogens is 2. The summed E-state index contributed by atoms with van der Waals surface area (Å²) in [4.78, 5) is 8.37. The average Bonchev–Trinajstić information content (AvgIpc) is 2.37. The van der Waals surface area contributed by atoms with Gasteiger partial charge in [0.25, 0.3) is 0 Å². The first kappa shape index (κ1) is 16.0. The molecule has 1 aromatic rings. The van der Waals surface area contributed by atoms with Crippen LogP contribution in [0, 0.1) is 5.92 Å². The van der Waals surface area contributed by atoms with Crippen molar-refractivity contribution in [2.45, 2.75) is 27.2 Å². The van der Waals surface area contributed by atoms with E-state index in [4.69, 9.17) is 16.3 Å². The van der Waals surface area contributed by atoms with Crippen molar-refractivity contribution in [3.63, 3.8) is 0 Å². The lowest BCUT2D eigenvalue weighted by Gasteiger charge is -2.10. The molecule has 0 spiro atoms. The number of nitrogens with zero attached hydrogens (tertiary/aromatic N) is 2. The molecule has 0 aliphatic carbocycles. The molecule has 1 heterocycles. The molecule has 0 saturated carbocycles. The van der Waals surface area contributed by atoms with Crippen molar-refractivity contribution >= 4 is 23.4 Å². The van der Waals surface area contributed by atoms with Crippen LogP contribution >= 0.6 is 11.6 Å². The molecule has 6 heteroatoms. The maximum atomic E-state index is 6.02. The van der Waals surface area contributed by atoms with Crippen molar-refractivity contribution in [3.05, 3.63) is 11.2 Å². The molecular weight excluding hydrogens is 264 g/mol. The monoisotopic (exact) mass is 286 g/mol. The standard InChI is InChI=1S/C13H23ClN4O/c1-4-15-13-17-9-11(14)12(18-13)16-6-8-19-7-5-10(2)3/h9-10H,4-8H2,1-3H3,(H2,15,16,17,18). The van der Waals surface area contributed by atoms with Gasteiger partial charge >= 0.3 is 0 Å². The van der Waals surface area contributed by atoms with E-state index in [2.05, 4.69) is 34.4 Å². The number of nitrogens with one attached hydrogen (secondary N) is 2. The highest BCUT2D eigenvalue weighted by atomic mass is 35.5. The van der Waals surface area contributed by atoms with Gasteiger partial charge in [-0.1, -0.05) is 25.4 Å². The third-order valence-electron chi connectivity index (χ3n) is 2.46. The van der Waals surface area contributed by atoms with Crippen LogP contribution in [0.2, 0.25) is 5.02 Å². The minimum absolute atomic E-state index is 0.517. The Hall–Kier alpha value is -1.07. The summed E-state index contributed by atoms with van der Waals surface area (Å²) in [5, 5.41) is 6.72. The van der Waals surface area contributed by atoms with Crippen LogP contribution in [0.1, 0.15) is 27.2 Å². The molecule has 0 unspecified atom stereocenters. The fourth-order valence-corrected chi connectivity index (χ4v) is 1.55. The van der Waals surface area contributed by atoms with Crippen LogP contribution in [-0.2, 0) is 4.74 Å². The van der Waals surface area contributed by atoms with Gasteiger partial charge in [0.2, 0.25) is 5.95 Å². The van der Waals surface area contributed by atoms with Crippen LogP contribution in [-0.4, -0.2) is 36.3 Å². The summed E-state index contributed by atoms with van der Waals surface area (Å²) in [5.74, 6) is 1.89. The minimum atomic E-state index is 0.517. The zero-order valence-electron chi connectivity index (χ0n) is 11.9. The number of hydrogen-bond acceptors (Lipinski definition) is 5. The lowest BCUT2D eigenvalue weighted by atomic mass is 10.1. The maximum Gasteiger partial charge on any atom is 0.224 e. The predicted octanol–water partition coefficient (Wildman–Crippen LogP) is 3.04. The molecule has 0 fully saturated rings. The molecule has 0 aliphatic heterocycles. The van der Waals surface area contributed by atoms with Crippen molar-refractivity contribution in [2.75, 3.05) is 36.9 Å². The lowest BCUT2D eigenvalue weighted by Crippen LogP contribution is -2.13. The van der Waals surface area contributed by atoms with Gasteiger partial charge in [-0.05, 0) is 19.3 Å². The highest BCUT2D eigenvalue weighted by Gasteiger charge is 2.04. The average molecular weight is 287 g/mol. The van der Waals surface area contributed by atoms with E-state index in [0.717, 1.165) is 19.6 Å². The van der Waals surface area contributed by atoms with Crippen LogP contribution in [0.15, 0.2) is 6.20 Å². The summed E-state index contributed by atoms with van der Waals surface area (Å²) >= 11 is 6.02. The third kappa shape index (κ3) is 6.59. The van der Waals surface area contributed by atoms with Crippen molar-refractivity contribution in [1.29, 1.82) is 0 Å². The van der Waals surface area contributed by atoms with Crippen LogP contribution in [0.25, 0.3) is 0 Å². The number of rotatable bonds is 9. The van der Waals surface area contributed by atoms with Crippen molar-refractivity contribution < 1.29 is 4.74 Å². The van der Waals surface area contributed by atoms with E-state index in [0.29, 0.717) is 35.9 Å². The van der Waals surface area contributed by atoms with Gasteiger partial charge in [0.05, 0.1) is 12.8 Å². The van der Waals surface area contributed by atoms with E-state index in [1.54, 1.807) is 6.20 Å². The zero-order valence-corrected chi connectivity index (χ0v) is 12.6. The molecule has 1 aromatic heterocycles. The normalized spacial score (nSPS) is 10.8. The van der Waals surface area contributed by atoms with Gasteiger partial charge < -0.3 is 15.4 Å². The molecule has 0 amide bonds. The van der Waals surface area contributed by atoms with Gasteiger partial charge in [0.15, 0.2) is 5.82 Å². The summed E-state index contributed by atoms with van der Waals surface area (Å²) in [6, 6.07) is 0. The van der Waals surface area contributed by atoms with Crippen LogP contribution in [0.5, 0.6) is 0 Å². The maximum absolute atomic E-state index is 6.02. The molecule has 0 bridgehead atoms. The Morgan fingerprint density at radius 2 is 2.11 bits per heavy atom. The highest BCUT2D eigenvalue weighted by Crippen LogP contribution is 2.18. The molecule has 0 aliphatic rings. The Balaban J connectivity index is 2.30. The zero-order chi connectivity index (χ0) is 14.1. The number of hydrogen-bond donors (Lipinski definition) is 2. The van der Waals surface area contributed by atoms with Crippen LogP contribution < -0.4 is 10.6 Å². The Morgan fingerprint density at radius 1 is 1.32 bits per heavy atom. The third-order valence-corrected chi connectivity index (χ3v) is 2.73. The van der Waals surface area contributed by atoms with Gasteiger partial charge in [-0.2, -0.15) is 4.98 Å². The molecule has 108 valence electrons. The lowest BCUT2D eigenvalue weighted by molar-refractivity contribution is 0.132. The molecule has 0 radical (unpaired) electrons. The van der Waals surface area contributed by atoms with Gasteiger partial charge in [-0.15, -0.1) is 0 Å². The molecule has 19 heavy (non-hydrogen) atoms. The molecule has 0 atom stereocenters.